The molecule has 0 aliphatic heterocycles. The number of aromatic nitrogens is 3. The minimum absolute atomic E-state index is 0.0128. The molecule has 3 rings (SSSR count). The monoisotopic (exact) mass is 385 g/mol. The topological polar surface area (TPSA) is 129 Å². The second-order valence-corrected chi connectivity index (χ2v) is 6.43. The van der Waals surface area contributed by atoms with Crippen LogP contribution < -0.4 is 0 Å². The third-order valence-electron chi connectivity index (χ3n) is 3.57. The lowest BCUT2D eigenvalue weighted by Crippen LogP contribution is -1.97. The van der Waals surface area contributed by atoms with Gasteiger partial charge in [-0.1, -0.05) is 19.1 Å². The average molecular weight is 385 g/mol. The Hall–Kier alpha value is -3.33. The second-order valence-electron chi connectivity index (χ2n) is 5.42. The van der Waals surface area contributed by atoms with Crippen LogP contribution in [0.15, 0.2) is 50.9 Å². The van der Waals surface area contributed by atoms with E-state index in [0.717, 1.165) is 11.8 Å². The Bertz CT molecular complexity index is 1000. The molecule has 2 heterocycles. The van der Waals surface area contributed by atoms with E-state index < -0.39 is 11.9 Å². The number of nitrogens with zero attached hydrogens (tertiary/aromatic N) is 2. The second kappa shape index (κ2) is 7.92. The highest BCUT2D eigenvalue weighted by Gasteiger charge is 2.15. The van der Waals surface area contributed by atoms with E-state index >= 15 is 0 Å². The molecule has 0 atom stereocenters. The standard InChI is InChI=1S/C18H15N3O5S/c1-2-15-19-18(21-20-15)27-14(17(24)25)9-12-7-8-13(26-12)10-3-5-11(6-4-10)16(22)23/h3-9H,2H2,1H3,(H,22,23)(H,24,25)(H,19,20,21)/b14-9-. The molecule has 0 bridgehead atoms. The number of hydrogen-bond donors (Lipinski definition) is 3. The maximum atomic E-state index is 11.5. The van der Waals surface area contributed by atoms with E-state index in [-0.39, 0.29) is 10.5 Å². The van der Waals surface area contributed by atoms with Crippen LogP contribution in [0.5, 0.6) is 0 Å². The number of benzene rings is 1. The molecule has 27 heavy (non-hydrogen) atoms. The fraction of sp³-hybridized carbons (Fsp3) is 0.111. The van der Waals surface area contributed by atoms with Crippen LogP contribution in [0.3, 0.4) is 0 Å². The van der Waals surface area contributed by atoms with Crippen molar-refractivity contribution in [2.24, 2.45) is 0 Å². The van der Waals surface area contributed by atoms with E-state index in [0.29, 0.717) is 34.5 Å². The van der Waals surface area contributed by atoms with Gasteiger partial charge in [-0.3, -0.25) is 5.10 Å². The quantitative estimate of drug-likeness (QED) is 0.416. The smallest absolute Gasteiger partial charge is 0.342 e. The van der Waals surface area contributed by atoms with Gasteiger partial charge in [-0.25, -0.2) is 14.6 Å². The summed E-state index contributed by atoms with van der Waals surface area (Å²) >= 11 is 0.921. The molecule has 0 unspecified atom stereocenters. The maximum Gasteiger partial charge on any atom is 0.342 e. The van der Waals surface area contributed by atoms with E-state index in [1.807, 2.05) is 6.92 Å². The summed E-state index contributed by atoms with van der Waals surface area (Å²) in [4.78, 5) is 26.6. The number of furan rings is 1. The predicted octanol–water partition coefficient (Wildman–Crippen LogP) is 3.54. The van der Waals surface area contributed by atoms with Crippen molar-refractivity contribution in [1.29, 1.82) is 0 Å². The Balaban J connectivity index is 1.82. The Morgan fingerprint density at radius 1 is 1.19 bits per heavy atom. The number of hydrogen-bond acceptors (Lipinski definition) is 6. The summed E-state index contributed by atoms with van der Waals surface area (Å²) in [6.45, 7) is 1.91. The third kappa shape index (κ3) is 4.45. The first-order valence-corrected chi connectivity index (χ1v) is 8.75. The van der Waals surface area contributed by atoms with Gasteiger partial charge in [0.25, 0.3) is 0 Å². The zero-order valence-corrected chi connectivity index (χ0v) is 15.0. The van der Waals surface area contributed by atoms with Gasteiger partial charge in [0.2, 0.25) is 5.16 Å². The minimum atomic E-state index is -1.12. The Morgan fingerprint density at radius 2 is 1.93 bits per heavy atom. The van der Waals surface area contributed by atoms with E-state index in [9.17, 15) is 14.7 Å². The highest BCUT2D eigenvalue weighted by atomic mass is 32.2. The van der Waals surface area contributed by atoms with Gasteiger partial charge in [-0.15, -0.1) is 5.10 Å². The van der Waals surface area contributed by atoms with Gasteiger partial charge in [0, 0.05) is 18.1 Å². The van der Waals surface area contributed by atoms with Gasteiger partial charge in [-0.2, -0.15) is 0 Å². The number of carboxylic acids is 2. The molecule has 2 aromatic heterocycles. The fourth-order valence-electron chi connectivity index (χ4n) is 2.21. The molecular formula is C18H15N3O5S. The number of aliphatic carboxylic acids is 1. The molecule has 3 aromatic rings. The SMILES string of the molecule is CCc1nc(S/C(=C\c2ccc(-c3ccc(C(=O)O)cc3)o2)C(=O)O)n[nH]1. The Labute approximate surface area is 157 Å². The lowest BCUT2D eigenvalue weighted by Gasteiger charge is -1.99. The van der Waals surface area contributed by atoms with Crippen LogP contribution >= 0.6 is 11.8 Å². The Morgan fingerprint density at radius 3 is 2.52 bits per heavy atom. The zero-order valence-electron chi connectivity index (χ0n) is 14.2. The molecule has 9 heteroatoms. The van der Waals surface area contributed by atoms with Crippen LogP contribution in [-0.4, -0.2) is 37.3 Å². The van der Waals surface area contributed by atoms with E-state index in [1.165, 1.54) is 18.2 Å². The van der Waals surface area contributed by atoms with Gasteiger partial charge in [-0.05, 0) is 36.0 Å². The number of carboxylic acid groups (broad SMARTS) is 2. The average Bonchev–Trinajstić information content (AvgIpc) is 3.30. The molecule has 0 aliphatic carbocycles. The van der Waals surface area contributed by atoms with Crippen LogP contribution in [-0.2, 0) is 11.2 Å². The number of rotatable bonds is 7. The van der Waals surface area contributed by atoms with E-state index in [4.69, 9.17) is 9.52 Å². The van der Waals surface area contributed by atoms with Crippen molar-refractivity contribution >= 4 is 29.8 Å². The summed E-state index contributed by atoms with van der Waals surface area (Å²) in [6, 6.07) is 9.53. The number of nitrogens with one attached hydrogen (secondary N) is 1. The molecule has 0 amide bonds. The number of carbonyl (C=O) groups is 2. The predicted molar refractivity (Wildman–Crippen MR) is 98.3 cm³/mol. The number of thioether (sulfide) groups is 1. The van der Waals surface area contributed by atoms with E-state index in [1.54, 1.807) is 24.3 Å². The lowest BCUT2D eigenvalue weighted by atomic mass is 10.1. The molecule has 0 aliphatic rings. The van der Waals surface area contributed by atoms with Crippen molar-refractivity contribution in [2.75, 3.05) is 0 Å². The first kappa shape index (κ1) is 18.5. The van der Waals surface area contributed by atoms with Gasteiger partial charge < -0.3 is 14.6 Å². The van der Waals surface area contributed by atoms with Crippen molar-refractivity contribution < 1.29 is 24.2 Å². The number of aromatic carboxylic acids is 1. The first-order chi connectivity index (χ1) is 13.0. The summed E-state index contributed by atoms with van der Waals surface area (Å²) < 4.78 is 5.67. The molecule has 0 spiro atoms. The largest absolute Gasteiger partial charge is 0.478 e. The highest BCUT2D eigenvalue weighted by Crippen LogP contribution is 2.28. The van der Waals surface area contributed by atoms with Crippen LogP contribution in [0.1, 0.15) is 28.9 Å². The van der Waals surface area contributed by atoms with Crippen molar-refractivity contribution in [1.82, 2.24) is 15.2 Å². The van der Waals surface area contributed by atoms with Crippen LogP contribution in [0.4, 0.5) is 0 Å². The molecule has 0 radical (unpaired) electrons. The molecule has 8 nitrogen and oxygen atoms in total. The zero-order chi connectivity index (χ0) is 19.4. The Kier molecular flexibility index (Phi) is 5.41. The van der Waals surface area contributed by atoms with Gasteiger partial charge in [0.1, 0.15) is 22.3 Å². The van der Waals surface area contributed by atoms with Crippen molar-refractivity contribution in [3.63, 3.8) is 0 Å². The third-order valence-corrected chi connectivity index (χ3v) is 4.45. The van der Waals surface area contributed by atoms with E-state index in [2.05, 4.69) is 15.2 Å². The van der Waals surface area contributed by atoms with Crippen LogP contribution in [0.25, 0.3) is 17.4 Å². The molecule has 0 saturated heterocycles. The van der Waals surface area contributed by atoms with Gasteiger partial charge in [0.15, 0.2) is 0 Å². The summed E-state index contributed by atoms with van der Waals surface area (Å²) in [5.74, 6) is -0.604. The minimum Gasteiger partial charge on any atom is -0.478 e. The van der Waals surface area contributed by atoms with Gasteiger partial charge in [0.05, 0.1) is 5.56 Å². The number of aryl methyl sites for hydroxylation is 1. The van der Waals surface area contributed by atoms with Crippen LogP contribution in [0.2, 0.25) is 0 Å². The van der Waals surface area contributed by atoms with Gasteiger partial charge >= 0.3 is 11.9 Å². The number of aromatic amines is 1. The highest BCUT2D eigenvalue weighted by molar-refractivity contribution is 8.04. The van der Waals surface area contributed by atoms with Crippen molar-refractivity contribution in [3.05, 3.63) is 58.5 Å². The molecule has 3 N–H and O–H groups in total. The first-order valence-electron chi connectivity index (χ1n) is 7.94. The summed E-state index contributed by atoms with van der Waals surface area (Å²) in [5, 5.41) is 25.4. The molecule has 1 aromatic carbocycles. The fourth-order valence-corrected chi connectivity index (χ4v) is 2.91. The molecule has 0 saturated carbocycles. The molecule has 0 fully saturated rings. The summed E-state index contributed by atoms with van der Waals surface area (Å²) in [5.41, 5.74) is 0.860. The van der Waals surface area contributed by atoms with Crippen LogP contribution in [0, 0.1) is 0 Å². The molecule has 138 valence electrons. The summed E-state index contributed by atoms with van der Waals surface area (Å²) in [7, 11) is 0. The maximum absolute atomic E-state index is 11.5. The van der Waals surface area contributed by atoms with Crippen molar-refractivity contribution in [3.8, 4) is 11.3 Å². The molecular weight excluding hydrogens is 370 g/mol. The van der Waals surface area contributed by atoms with Crippen molar-refractivity contribution in [2.45, 2.75) is 18.5 Å². The normalized spacial score (nSPS) is 11.5. The number of H-pyrrole nitrogens is 1. The lowest BCUT2D eigenvalue weighted by molar-refractivity contribution is -0.131. The summed E-state index contributed by atoms with van der Waals surface area (Å²) in [6.07, 6.45) is 2.06.